The third-order valence-electron chi connectivity index (χ3n) is 3.04. The van der Waals surface area contributed by atoms with Gasteiger partial charge in [0.25, 0.3) is 0 Å². The zero-order chi connectivity index (χ0) is 9.26. The normalized spacial score (nSPS) is 20.0. The van der Waals surface area contributed by atoms with E-state index in [0.717, 1.165) is 11.7 Å². The van der Waals surface area contributed by atoms with Crippen molar-refractivity contribution >= 4 is 0 Å². The van der Waals surface area contributed by atoms with Crippen molar-refractivity contribution in [2.24, 2.45) is 0 Å². The van der Waals surface area contributed by atoms with Gasteiger partial charge in [-0.1, -0.05) is 19.1 Å². The molecule has 1 nitrogen and oxygen atoms in total. The lowest BCUT2D eigenvalue weighted by Crippen LogP contribution is -1.95. The summed E-state index contributed by atoms with van der Waals surface area (Å²) in [6.07, 6.45) is 3.75. The fourth-order valence-corrected chi connectivity index (χ4v) is 2.33. The van der Waals surface area contributed by atoms with Crippen molar-refractivity contribution in [3.63, 3.8) is 0 Å². The van der Waals surface area contributed by atoms with Gasteiger partial charge in [0.15, 0.2) is 0 Å². The Kier molecular flexibility index (Phi) is 2.26. The second-order valence-corrected chi connectivity index (χ2v) is 3.68. The van der Waals surface area contributed by atoms with E-state index in [1.54, 1.807) is 7.11 Å². The number of aryl methyl sites for hydroxylation is 1. The smallest absolute Gasteiger partial charge is 0.122 e. The van der Waals surface area contributed by atoms with E-state index in [2.05, 4.69) is 25.1 Å². The molecule has 0 fully saturated rings. The van der Waals surface area contributed by atoms with E-state index < -0.39 is 0 Å². The highest BCUT2D eigenvalue weighted by atomic mass is 16.5. The number of ether oxygens (including phenoxy) is 1. The SMILES string of the molecule is CCC1CCc2cccc(OC)c21. The van der Waals surface area contributed by atoms with Crippen LogP contribution in [-0.2, 0) is 6.42 Å². The molecule has 1 aromatic rings. The molecule has 1 atom stereocenters. The molecule has 0 heterocycles. The van der Waals surface area contributed by atoms with Crippen LogP contribution in [0, 0.1) is 0 Å². The van der Waals surface area contributed by atoms with Gasteiger partial charge in [0.2, 0.25) is 0 Å². The molecule has 0 bridgehead atoms. The number of hydrogen-bond acceptors (Lipinski definition) is 1. The standard InChI is InChI=1S/C12H16O/c1-3-9-7-8-10-5-4-6-11(13-2)12(9)10/h4-6,9H,3,7-8H2,1-2H3. The third-order valence-corrected chi connectivity index (χ3v) is 3.04. The summed E-state index contributed by atoms with van der Waals surface area (Å²) < 4.78 is 5.39. The molecule has 70 valence electrons. The van der Waals surface area contributed by atoms with Crippen LogP contribution in [0.5, 0.6) is 5.75 Å². The van der Waals surface area contributed by atoms with Crippen molar-refractivity contribution in [1.82, 2.24) is 0 Å². The van der Waals surface area contributed by atoms with Crippen LogP contribution < -0.4 is 4.74 Å². The maximum atomic E-state index is 5.39. The predicted molar refractivity (Wildman–Crippen MR) is 54.3 cm³/mol. The van der Waals surface area contributed by atoms with Gasteiger partial charge in [-0.2, -0.15) is 0 Å². The van der Waals surface area contributed by atoms with Crippen molar-refractivity contribution in [3.05, 3.63) is 29.3 Å². The van der Waals surface area contributed by atoms with Crippen LogP contribution in [0.2, 0.25) is 0 Å². The molecule has 1 heteroatoms. The minimum Gasteiger partial charge on any atom is -0.496 e. The molecule has 0 aromatic heterocycles. The summed E-state index contributed by atoms with van der Waals surface area (Å²) in [5, 5.41) is 0. The lowest BCUT2D eigenvalue weighted by Gasteiger charge is -2.12. The highest BCUT2D eigenvalue weighted by Crippen LogP contribution is 2.40. The Morgan fingerprint density at radius 3 is 3.00 bits per heavy atom. The molecule has 13 heavy (non-hydrogen) atoms. The Balaban J connectivity index is 2.46. The Labute approximate surface area is 79.7 Å². The minimum absolute atomic E-state index is 0.728. The zero-order valence-electron chi connectivity index (χ0n) is 8.34. The lowest BCUT2D eigenvalue weighted by atomic mass is 9.98. The Bertz CT molecular complexity index is 304. The molecule has 1 aliphatic carbocycles. The van der Waals surface area contributed by atoms with Gasteiger partial charge in [-0.15, -0.1) is 0 Å². The van der Waals surface area contributed by atoms with E-state index in [4.69, 9.17) is 4.74 Å². The van der Waals surface area contributed by atoms with Crippen LogP contribution in [-0.4, -0.2) is 7.11 Å². The Morgan fingerprint density at radius 2 is 2.31 bits per heavy atom. The van der Waals surface area contributed by atoms with Gasteiger partial charge < -0.3 is 4.74 Å². The average molecular weight is 176 g/mol. The van der Waals surface area contributed by atoms with Crippen molar-refractivity contribution in [3.8, 4) is 5.75 Å². The maximum Gasteiger partial charge on any atom is 0.122 e. The predicted octanol–water partition coefficient (Wildman–Crippen LogP) is 3.14. The molecule has 0 aliphatic heterocycles. The van der Waals surface area contributed by atoms with Gasteiger partial charge in [-0.05, 0) is 36.8 Å². The second kappa shape index (κ2) is 3.41. The monoisotopic (exact) mass is 176 g/mol. The highest BCUT2D eigenvalue weighted by molar-refractivity contribution is 5.45. The quantitative estimate of drug-likeness (QED) is 0.672. The van der Waals surface area contributed by atoms with E-state index in [1.165, 1.54) is 30.4 Å². The van der Waals surface area contributed by atoms with Crippen LogP contribution in [0.3, 0.4) is 0 Å². The van der Waals surface area contributed by atoms with E-state index in [0.29, 0.717) is 0 Å². The number of fused-ring (bicyclic) bond motifs is 1. The first-order valence-corrected chi connectivity index (χ1v) is 5.02. The summed E-state index contributed by atoms with van der Waals surface area (Å²) in [6.45, 7) is 2.26. The minimum atomic E-state index is 0.728. The van der Waals surface area contributed by atoms with E-state index in [-0.39, 0.29) is 0 Å². The Morgan fingerprint density at radius 1 is 1.46 bits per heavy atom. The van der Waals surface area contributed by atoms with E-state index in [1.807, 2.05) is 0 Å². The fraction of sp³-hybridized carbons (Fsp3) is 0.500. The van der Waals surface area contributed by atoms with Gasteiger partial charge in [-0.25, -0.2) is 0 Å². The topological polar surface area (TPSA) is 9.23 Å². The summed E-state index contributed by atoms with van der Waals surface area (Å²) in [5.74, 6) is 1.81. The summed E-state index contributed by atoms with van der Waals surface area (Å²) in [4.78, 5) is 0. The van der Waals surface area contributed by atoms with Crippen LogP contribution in [0.15, 0.2) is 18.2 Å². The zero-order valence-corrected chi connectivity index (χ0v) is 8.34. The molecule has 0 radical (unpaired) electrons. The number of methoxy groups -OCH3 is 1. The molecule has 0 saturated carbocycles. The van der Waals surface area contributed by atoms with Crippen LogP contribution in [0.25, 0.3) is 0 Å². The summed E-state index contributed by atoms with van der Waals surface area (Å²) in [5.41, 5.74) is 2.96. The molecule has 0 amide bonds. The Hall–Kier alpha value is -0.980. The third kappa shape index (κ3) is 1.32. The number of hydrogen-bond donors (Lipinski definition) is 0. The van der Waals surface area contributed by atoms with Crippen LogP contribution in [0.1, 0.15) is 36.8 Å². The molecule has 0 spiro atoms. The molecule has 0 saturated heterocycles. The molecular formula is C12H16O. The van der Waals surface area contributed by atoms with Gasteiger partial charge in [0, 0.05) is 5.56 Å². The first-order valence-electron chi connectivity index (χ1n) is 5.02. The summed E-state index contributed by atoms with van der Waals surface area (Å²) >= 11 is 0. The average Bonchev–Trinajstić information content (AvgIpc) is 2.60. The number of benzene rings is 1. The van der Waals surface area contributed by atoms with Crippen molar-refractivity contribution in [1.29, 1.82) is 0 Å². The molecule has 1 aromatic carbocycles. The molecule has 1 unspecified atom stereocenters. The van der Waals surface area contributed by atoms with Gasteiger partial charge in [0.05, 0.1) is 7.11 Å². The lowest BCUT2D eigenvalue weighted by molar-refractivity contribution is 0.406. The van der Waals surface area contributed by atoms with Gasteiger partial charge in [-0.3, -0.25) is 0 Å². The van der Waals surface area contributed by atoms with Crippen molar-refractivity contribution < 1.29 is 4.74 Å². The molecular weight excluding hydrogens is 160 g/mol. The fourth-order valence-electron chi connectivity index (χ4n) is 2.33. The second-order valence-electron chi connectivity index (χ2n) is 3.68. The molecule has 2 rings (SSSR count). The summed E-state index contributed by atoms with van der Waals surface area (Å²) in [6, 6.07) is 6.40. The maximum absolute atomic E-state index is 5.39. The molecule has 0 N–H and O–H groups in total. The van der Waals surface area contributed by atoms with Crippen LogP contribution >= 0.6 is 0 Å². The molecule has 1 aliphatic rings. The van der Waals surface area contributed by atoms with E-state index >= 15 is 0 Å². The number of rotatable bonds is 2. The summed E-state index contributed by atoms with van der Waals surface area (Å²) in [7, 11) is 1.76. The van der Waals surface area contributed by atoms with E-state index in [9.17, 15) is 0 Å². The first kappa shape index (κ1) is 8.61. The van der Waals surface area contributed by atoms with Crippen molar-refractivity contribution in [2.75, 3.05) is 7.11 Å². The van der Waals surface area contributed by atoms with Gasteiger partial charge >= 0.3 is 0 Å². The van der Waals surface area contributed by atoms with Crippen molar-refractivity contribution in [2.45, 2.75) is 32.1 Å². The first-order chi connectivity index (χ1) is 6.36. The highest BCUT2D eigenvalue weighted by Gasteiger charge is 2.23. The van der Waals surface area contributed by atoms with Gasteiger partial charge in [0.1, 0.15) is 5.75 Å². The van der Waals surface area contributed by atoms with Crippen LogP contribution in [0.4, 0.5) is 0 Å². The largest absolute Gasteiger partial charge is 0.496 e.